The van der Waals surface area contributed by atoms with Crippen LogP contribution in [0.1, 0.15) is 87.8 Å². The van der Waals surface area contributed by atoms with Crippen molar-refractivity contribution in [2.24, 2.45) is 5.92 Å². The van der Waals surface area contributed by atoms with Crippen LogP contribution in [0.2, 0.25) is 0 Å². The molecule has 1 aliphatic carbocycles. The van der Waals surface area contributed by atoms with E-state index in [1.54, 1.807) is 0 Å². The SMILES string of the molecule is CCCCCc1ccc([C@H]2CC[C@H](C=CC#Cc3ccc(OCCC)cc3)CC2)cc1. The summed E-state index contributed by atoms with van der Waals surface area (Å²) < 4.78 is 5.62. The van der Waals surface area contributed by atoms with Crippen molar-refractivity contribution in [3.8, 4) is 17.6 Å². The van der Waals surface area contributed by atoms with Crippen LogP contribution in [0.25, 0.3) is 0 Å². The molecule has 0 bridgehead atoms. The van der Waals surface area contributed by atoms with Crippen LogP contribution in [0.15, 0.2) is 60.7 Å². The first-order chi connectivity index (χ1) is 15.3. The van der Waals surface area contributed by atoms with E-state index in [-0.39, 0.29) is 0 Å². The van der Waals surface area contributed by atoms with Crippen LogP contribution in [0.3, 0.4) is 0 Å². The second-order valence-corrected chi connectivity index (χ2v) is 8.81. The number of rotatable bonds is 9. The number of ether oxygens (including phenoxy) is 1. The average Bonchev–Trinajstić information content (AvgIpc) is 2.82. The number of hydrogen-bond donors (Lipinski definition) is 0. The van der Waals surface area contributed by atoms with E-state index in [9.17, 15) is 0 Å². The summed E-state index contributed by atoms with van der Waals surface area (Å²) in [5, 5.41) is 0. The zero-order valence-electron chi connectivity index (χ0n) is 19.4. The van der Waals surface area contributed by atoms with Crippen molar-refractivity contribution >= 4 is 0 Å². The highest BCUT2D eigenvalue weighted by Crippen LogP contribution is 2.36. The largest absolute Gasteiger partial charge is 0.494 e. The molecule has 0 heterocycles. The molecule has 1 fully saturated rings. The van der Waals surface area contributed by atoms with Gasteiger partial charge in [0.1, 0.15) is 5.75 Å². The van der Waals surface area contributed by atoms with Gasteiger partial charge in [0, 0.05) is 5.56 Å². The summed E-state index contributed by atoms with van der Waals surface area (Å²) in [6, 6.07) is 17.5. The Morgan fingerprint density at radius 1 is 0.871 bits per heavy atom. The van der Waals surface area contributed by atoms with Gasteiger partial charge in [-0.15, -0.1) is 0 Å². The normalized spacial score (nSPS) is 18.5. The van der Waals surface area contributed by atoms with Gasteiger partial charge in [-0.2, -0.15) is 0 Å². The van der Waals surface area contributed by atoms with Gasteiger partial charge < -0.3 is 4.74 Å². The van der Waals surface area contributed by atoms with Crippen LogP contribution < -0.4 is 4.74 Å². The van der Waals surface area contributed by atoms with Gasteiger partial charge in [-0.05, 0) is 98.2 Å². The molecule has 2 aromatic rings. The summed E-state index contributed by atoms with van der Waals surface area (Å²) in [5.41, 5.74) is 4.07. The Balaban J connectivity index is 1.42. The zero-order valence-corrected chi connectivity index (χ0v) is 19.4. The van der Waals surface area contributed by atoms with Gasteiger partial charge in [0.05, 0.1) is 6.61 Å². The van der Waals surface area contributed by atoms with Crippen LogP contribution in [0, 0.1) is 17.8 Å². The second-order valence-electron chi connectivity index (χ2n) is 8.81. The van der Waals surface area contributed by atoms with E-state index in [0.717, 1.165) is 30.3 Å². The molecule has 0 aliphatic heterocycles. The first-order valence-corrected chi connectivity index (χ1v) is 12.3. The van der Waals surface area contributed by atoms with E-state index < -0.39 is 0 Å². The van der Waals surface area contributed by atoms with Crippen molar-refractivity contribution in [2.75, 3.05) is 6.61 Å². The third-order valence-corrected chi connectivity index (χ3v) is 6.29. The van der Waals surface area contributed by atoms with E-state index in [2.05, 4.69) is 62.1 Å². The molecule has 0 saturated heterocycles. The summed E-state index contributed by atoms with van der Waals surface area (Å²) in [6.07, 6.45) is 15.7. The maximum atomic E-state index is 5.62. The summed E-state index contributed by atoms with van der Waals surface area (Å²) in [5.74, 6) is 8.77. The highest BCUT2D eigenvalue weighted by Gasteiger charge is 2.20. The molecule has 0 amide bonds. The zero-order chi connectivity index (χ0) is 21.7. The highest BCUT2D eigenvalue weighted by molar-refractivity contribution is 5.40. The van der Waals surface area contributed by atoms with E-state index in [1.807, 2.05) is 24.3 Å². The highest BCUT2D eigenvalue weighted by atomic mass is 16.5. The van der Waals surface area contributed by atoms with Crippen molar-refractivity contribution in [2.45, 2.75) is 77.6 Å². The van der Waals surface area contributed by atoms with Crippen molar-refractivity contribution in [1.82, 2.24) is 0 Å². The van der Waals surface area contributed by atoms with E-state index in [0.29, 0.717) is 5.92 Å². The summed E-state index contributed by atoms with van der Waals surface area (Å²) in [6.45, 7) is 5.15. The maximum absolute atomic E-state index is 5.62. The standard InChI is InChI=1S/C30H38O/c1-3-5-6-9-25-12-18-28(19-13-25)29-20-14-26(15-21-29)10-7-8-11-27-16-22-30(23-17-27)31-24-4-2/h7,10,12-13,16-19,22-23,26,29H,3-6,9,14-15,20-21,24H2,1-2H3/t26-,29-. The van der Waals surface area contributed by atoms with Gasteiger partial charge in [0.15, 0.2) is 0 Å². The molecule has 31 heavy (non-hydrogen) atoms. The van der Waals surface area contributed by atoms with Gasteiger partial charge in [-0.1, -0.05) is 68.9 Å². The number of hydrogen-bond acceptors (Lipinski definition) is 1. The first-order valence-electron chi connectivity index (χ1n) is 12.3. The quantitative estimate of drug-likeness (QED) is 0.297. The van der Waals surface area contributed by atoms with E-state index in [1.165, 1.54) is 62.5 Å². The summed E-state index contributed by atoms with van der Waals surface area (Å²) in [7, 11) is 0. The number of aryl methyl sites for hydroxylation is 1. The molecule has 0 radical (unpaired) electrons. The fourth-order valence-corrected chi connectivity index (χ4v) is 4.34. The van der Waals surface area contributed by atoms with Gasteiger partial charge in [0.25, 0.3) is 0 Å². The third-order valence-electron chi connectivity index (χ3n) is 6.29. The Kier molecular flexibility index (Phi) is 9.78. The van der Waals surface area contributed by atoms with E-state index in [4.69, 9.17) is 4.74 Å². The smallest absolute Gasteiger partial charge is 0.119 e. The topological polar surface area (TPSA) is 9.23 Å². The lowest BCUT2D eigenvalue weighted by Gasteiger charge is -2.27. The number of benzene rings is 2. The van der Waals surface area contributed by atoms with Crippen molar-refractivity contribution in [1.29, 1.82) is 0 Å². The minimum atomic E-state index is 0.670. The van der Waals surface area contributed by atoms with E-state index >= 15 is 0 Å². The molecule has 1 nitrogen and oxygen atoms in total. The molecule has 1 heteroatoms. The summed E-state index contributed by atoms with van der Waals surface area (Å²) in [4.78, 5) is 0. The van der Waals surface area contributed by atoms with Crippen molar-refractivity contribution in [3.63, 3.8) is 0 Å². The molecule has 164 valence electrons. The Bertz CT molecular complexity index is 840. The number of allylic oxidation sites excluding steroid dienone is 2. The van der Waals surface area contributed by atoms with Crippen molar-refractivity contribution in [3.05, 3.63) is 77.4 Å². The fraction of sp³-hybridized carbons (Fsp3) is 0.467. The Morgan fingerprint density at radius 3 is 2.29 bits per heavy atom. The van der Waals surface area contributed by atoms with Gasteiger partial charge in [-0.3, -0.25) is 0 Å². The van der Waals surface area contributed by atoms with Crippen LogP contribution in [0.5, 0.6) is 5.75 Å². The molecule has 3 rings (SSSR count). The summed E-state index contributed by atoms with van der Waals surface area (Å²) >= 11 is 0. The van der Waals surface area contributed by atoms with Crippen LogP contribution in [0.4, 0.5) is 0 Å². The monoisotopic (exact) mass is 414 g/mol. The van der Waals surface area contributed by atoms with Gasteiger partial charge in [-0.25, -0.2) is 0 Å². The Morgan fingerprint density at radius 2 is 1.61 bits per heavy atom. The van der Waals surface area contributed by atoms with Gasteiger partial charge in [0.2, 0.25) is 0 Å². The number of unbranched alkanes of at least 4 members (excludes halogenated alkanes) is 2. The van der Waals surface area contributed by atoms with Crippen LogP contribution in [-0.2, 0) is 6.42 Å². The predicted molar refractivity (Wildman–Crippen MR) is 133 cm³/mol. The second kappa shape index (κ2) is 13.1. The Hall–Kier alpha value is -2.46. The molecule has 0 aromatic heterocycles. The lowest BCUT2D eigenvalue weighted by molar-refractivity contribution is 0.317. The lowest BCUT2D eigenvalue weighted by atomic mass is 9.78. The molecule has 1 saturated carbocycles. The molecule has 0 unspecified atom stereocenters. The minimum Gasteiger partial charge on any atom is -0.494 e. The minimum absolute atomic E-state index is 0.670. The predicted octanol–water partition coefficient (Wildman–Crippen LogP) is 8.09. The van der Waals surface area contributed by atoms with Crippen molar-refractivity contribution < 1.29 is 4.74 Å². The molecular formula is C30H38O. The molecule has 1 aliphatic rings. The fourth-order valence-electron chi connectivity index (χ4n) is 4.34. The first kappa shape index (κ1) is 23.2. The molecule has 0 N–H and O–H groups in total. The molecule has 0 spiro atoms. The maximum Gasteiger partial charge on any atom is 0.119 e. The molecule has 0 atom stereocenters. The third kappa shape index (κ3) is 7.95. The van der Waals surface area contributed by atoms with Crippen LogP contribution in [-0.4, -0.2) is 6.61 Å². The van der Waals surface area contributed by atoms with Gasteiger partial charge >= 0.3 is 0 Å². The molecular weight excluding hydrogens is 376 g/mol. The average molecular weight is 415 g/mol. The van der Waals surface area contributed by atoms with Crippen LogP contribution >= 0.6 is 0 Å². The molecule has 2 aromatic carbocycles. The Labute approximate surface area is 189 Å². The lowest BCUT2D eigenvalue weighted by Crippen LogP contribution is -2.11.